The SMILES string of the molecule is Clc1cccc2c1Oc1c(Cl)c(Cl)c(Cl)c(Cl)c1O2. The summed E-state index contributed by atoms with van der Waals surface area (Å²) in [4.78, 5) is 0. The maximum Gasteiger partial charge on any atom is 0.191 e. The van der Waals surface area contributed by atoms with Crippen LogP contribution in [-0.2, 0) is 0 Å². The Morgan fingerprint density at radius 3 is 1.84 bits per heavy atom. The number of hydrogen-bond acceptors (Lipinski definition) is 2. The van der Waals surface area contributed by atoms with E-state index < -0.39 is 0 Å². The van der Waals surface area contributed by atoms with Gasteiger partial charge in [0.15, 0.2) is 23.0 Å². The fourth-order valence-corrected chi connectivity index (χ4v) is 2.75. The number of benzene rings is 2. The van der Waals surface area contributed by atoms with Gasteiger partial charge in [0.05, 0.1) is 15.1 Å². The molecule has 0 fully saturated rings. The van der Waals surface area contributed by atoms with E-state index in [0.29, 0.717) is 16.5 Å². The third-order valence-corrected chi connectivity index (χ3v) is 4.60. The van der Waals surface area contributed by atoms with E-state index in [9.17, 15) is 0 Å². The van der Waals surface area contributed by atoms with Crippen LogP contribution >= 0.6 is 58.0 Å². The summed E-state index contributed by atoms with van der Waals surface area (Å²) in [5, 5.41) is 0.863. The first kappa shape index (κ1) is 13.5. The first-order valence-corrected chi connectivity index (χ1v) is 6.90. The maximum atomic E-state index is 6.08. The molecule has 7 heteroatoms. The minimum absolute atomic E-state index is 0.103. The van der Waals surface area contributed by atoms with E-state index in [-0.39, 0.29) is 31.6 Å². The lowest BCUT2D eigenvalue weighted by atomic mass is 10.2. The van der Waals surface area contributed by atoms with Crippen molar-refractivity contribution in [2.24, 2.45) is 0 Å². The predicted octanol–water partition coefficient (Wildman–Crippen LogP) is 6.85. The zero-order chi connectivity index (χ0) is 13.7. The van der Waals surface area contributed by atoms with Crippen LogP contribution < -0.4 is 9.47 Å². The molecule has 0 amide bonds. The van der Waals surface area contributed by atoms with Crippen molar-refractivity contribution in [1.29, 1.82) is 0 Å². The van der Waals surface area contributed by atoms with E-state index in [1.165, 1.54) is 0 Å². The fourth-order valence-electron chi connectivity index (χ4n) is 1.65. The summed E-state index contributed by atoms with van der Waals surface area (Å²) in [6, 6.07) is 5.08. The first-order valence-electron chi connectivity index (χ1n) is 5.01. The molecule has 0 N–H and O–H groups in total. The molecule has 2 aromatic carbocycles. The van der Waals surface area contributed by atoms with Gasteiger partial charge in [-0.25, -0.2) is 0 Å². The van der Waals surface area contributed by atoms with Gasteiger partial charge < -0.3 is 9.47 Å². The quantitative estimate of drug-likeness (QED) is 0.324. The van der Waals surface area contributed by atoms with Crippen molar-refractivity contribution in [3.63, 3.8) is 0 Å². The van der Waals surface area contributed by atoms with Gasteiger partial charge in [-0.1, -0.05) is 64.1 Å². The standard InChI is InChI=1S/C12H3Cl5O2/c13-4-2-1-3-5-10(4)19-12-9(17)7(15)6(14)8(16)11(12)18-5/h1-3H. The van der Waals surface area contributed by atoms with E-state index >= 15 is 0 Å². The van der Waals surface area contributed by atoms with Gasteiger partial charge in [0.1, 0.15) is 10.0 Å². The Kier molecular flexibility index (Phi) is 3.40. The summed E-state index contributed by atoms with van der Waals surface area (Å²) in [5.41, 5.74) is 0. The summed E-state index contributed by atoms with van der Waals surface area (Å²) in [6.07, 6.45) is 0. The molecular formula is C12H3Cl5O2. The molecule has 0 spiro atoms. The highest BCUT2D eigenvalue weighted by atomic mass is 35.5. The van der Waals surface area contributed by atoms with E-state index in [1.807, 2.05) is 0 Å². The highest BCUT2D eigenvalue weighted by Crippen LogP contribution is 2.57. The van der Waals surface area contributed by atoms with Crippen molar-refractivity contribution in [2.45, 2.75) is 0 Å². The third kappa shape index (κ3) is 2.03. The molecule has 0 unspecified atom stereocenters. The molecule has 0 atom stereocenters. The van der Waals surface area contributed by atoms with E-state index in [1.54, 1.807) is 18.2 Å². The lowest BCUT2D eigenvalue weighted by molar-refractivity contribution is 0.360. The van der Waals surface area contributed by atoms with E-state index in [2.05, 4.69) is 0 Å². The van der Waals surface area contributed by atoms with Gasteiger partial charge in [-0.2, -0.15) is 0 Å². The van der Waals surface area contributed by atoms with Gasteiger partial charge in [0.25, 0.3) is 0 Å². The van der Waals surface area contributed by atoms with Crippen molar-refractivity contribution in [3.8, 4) is 23.0 Å². The molecule has 0 bridgehead atoms. The maximum absolute atomic E-state index is 6.08. The van der Waals surface area contributed by atoms with Crippen LogP contribution in [0.3, 0.4) is 0 Å². The van der Waals surface area contributed by atoms with Gasteiger partial charge in [-0.05, 0) is 12.1 Å². The smallest absolute Gasteiger partial charge is 0.191 e. The highest BCUT2D eigenvalue weighted by molar-refractivity contribution is 6.53. The van der Waals surface area contributed by atoms with Crippen LogP contribution in [0, 0.1) is 0 Å². The third-order valence-electron chi connectivity index (χ3n) is 2.53. The second-order valence-corrected chi connectivity index (χ2v) is 5.60. The van der Waals surface area contributed by atoms with Crippen LogP contribution in [0.1, 0.15) is 0 Å². The minimum atomic E-state index is 0.103. The number of hydrogen-bond donors (Lipinski definition) is 0. The Bertz CT molecular complexity index is 699. The first-order chi connectivity index (χ1) is 9.00. The molecule has 3 rings (SSSR count). The average molecular weight is 356 g/mol. The van der Waals surface area contributed by atoms with Gasteiger partial charge in [0.2, 0.25) is 0 Å². The molecule has 2 aromatic rings. The van der Waals surface area contributed by atoms with Crippen molar-refractivity contribution >= 4 is 58.0 Å². The molecule has 1 aliphatic rings. The predicted molar refractivity (Wildman–Crippen MR) is 78.1 cm³/mol. The molecule has 0 aliphatic carbocycles. The number of halogens is 5. The lowest BCUT2D eigenvalue weighted by Gasteiger charge is -2.24. The van der Waals surface area contributed by atoms with Gasteiger partial charge in [-0.3, -0.25) is 0 Å². The molecule has 1 aliphatic heterocycles. The second kappa shape index (κ2) is 4.80. The summed E-state index contributed by atoms with van der Waals surface area (Å²) >= 11 is 30.1. The monoisotopic (exact) mass is 354 g/mol. The Labute approximate surface area is 133 Å². The van der Waals surface area contributed by atoms with Crippen LogP contribution in [0.5, 0.6) is 23.0 Å². The molecule has 1 heterocycles. The average Bonchev–Trinajstić information content (AvgIpc) is 2.42. The zero-order valence-electron chi connectivity index (χ0n) is 8.94. The van der Waals surface area contributed by atoms with Gasteiger partial charge >= 0.3 is 0 Å². The van der Waals surface area contributed by atoms with Crippen LogP contribution in [-0.4, -0.2) is 0 Å². The summed E-state index contributed by atoms with van der Waals surface area (Å²) < 4.78 is 11.3. The highest BCUT2D eigenvalue weighted by Gasteiger charge is 2.29. The number of fused-ring (bicyclic) bond motifs is 2. The van der Waals surface area contributed by atoms with Crippen molar-refractivity contribution in [1.82, 2.24) is 0 Å². The largest absolute Gasteiger partial charge is 0.448 e. The number of ether oxygens (including phenoxy) is 2. The van der Waals surface area contributed by atoms with Crippen LogP contribution in [0.4, 0.5) is 0 Å². The Hall–Kier alpha value is -0.510. The van der Waals surface area contributed by atoms with Crippen LogP contribution in [0.25, 0.3) is 0 Å². The molecule has 98 valence electrons. The van der Waals surface area contributed by atoms with Gasteiger partial charge in [0, 0.05) is 0 Å². The summed E-state index contributed by atoms with van der Waals surface area (Å²) in [6.45, 7) is 0. The number of para-hydroxylation sites is 1. The molecular weight excluding hydrogens is 353 g/mol. The van der Waals surface area contributed by atoms with E-state index in [0.717, 1.165) is 0 Å². The molecule has 0 saturated heterocycles. The molecule has 19 heavy (non-hydrogen) atoms. The second-order valence-electron chi connectivity index (χ2n) is 3.69. The van der Waals surface area contributed by atoms with Crippen molar-refractivity contribution < 1.29 is 9.47 Å². The Morgan fingerprint density at radius 2 is 1.21 bits per heavy atom. The molecule has 0 saturated carbocycles. The van der Waals surface area contributed by atoms with Crippen molar-refractivity contribution in [3.05, 3.63) is 43.3 Å². The van der Waals surface area contributed by atoms with Gasteiger partial charge in [-0.15, -0.1) is 0 Å². The lowest BCUT2D eigenvalue weighted by Crippen LogP contribution is -2.01. The summed E-state index contributed by atoms with van der Waals surface area (Å²) in [5.74, 6) is 1.20. The Morgan fingerprint density at radius 1 is 0.632 bits per heavy atom. The van der Waals surface area contributed by atoms with E-state index in [4.69, 9.17) is 67.5 Å². The normalized spacial score (nSPS) is 12.3. The fraction of sp³-hybridized carbons (Fsp3) is 0. The zero-order valence-corrected chi connectivity index (χ0v) is 12.7. The topological polar surface area (TPSA) is 18.5 Å². The number of rotatable bonds is 0. The molecule has 0 radical (unpaired) electrons. The Balaban J connectivity index is 2.26. The van der Waals surface area contributed by atoms with Crippen LogP contribution in [0.2, 0.25) is 25.1 Å². The molecule has 0 aromatic heterocycles. The molecule has 2 nitrogen and oxygen atoms in total. The van der Waals surface area contributed by atoms with Crippen molar-refractivity contribution in [2.75, 3.05) is 0 Å². The summed E-state index contributed by atoms with van der Waals surface area (Å²) in [7, 11) is 0. The minimum Gasteiger partial charge on any atom is -0.448 e. The van der Waals surface area contributed by atoms with Crippen LogP contribution in [0.15, 0.2) is 18.2 Å².